The molecule has 15 heavy (non-hydrogen) atoms. The van der Waals surface area contributed by atoms with E-state index in [2.05, 4.69) is 0 Å². The van der Waals surface area contributed by atoms with Gasteiger partial charge in [0, 0.05) is 0 Å². The van der Waals surface area contributed by atoms with Crippen molar-refractivity contribution in [2.75, 3.05) is 0 Å². The molecule has 0 saturated carbocycles. The Morgan fingerprint density at radius 3 is 2.40 bits per heavy atom. The third-order valence-electron chi connectivity index (χ3n) is 2.95. The Hall–Kier alpha value is -0.240. The molecule has 0 bridgehead atoms. The topological polar surface area (TPSA) is 77.4 Å². The number of rotatable bonds is 0. The highest BCUT2D eigenvalue weighted by Crippen LogP contribution is 2.42. The van der Waals surface area contributed by atoms with Gasteiger partial charge in [0.2, 0.25) is 0 Å². The Kier molecular flexibility index (Phi) is 1.93. The van der Waals surface area contributed by atoms with Crippen LogP contribution in [0.3, 0.4) is 0 Å². The predicted molar refractivity (Wildman–Crippen MR) is 45.6 cm³/mol. The van der Waals surface area contributed by atoms with Crippen molar-refractivity contribution in [1.82, 2.24) is 0 Å². The van der Waals surface area contributed by atoms with Crippen molar-refractivity contribution in [2.24, 2.45) is 0 Å². The molecule has 0 aromatic heterocycles. The smallest absolute Gasteiger partial charge is 0.190 e. The Bertz CT molecular complexity index is 280. The summed E-state index contributed by atoms with van der Waals surface area (Å²) >= 11 is 0. The van der Waals surface area contributed by atoms with Crippen LogP contribution in [0.5, 0.6) is 0 Å². The molecule has 0 aromatic carbocycles. The van der Waals surface area contributed by atoms with Gasteiger partial charge in [-0.15, -0.1) is 0 Å². The molecule has 3 aliphatic heterocycles. The average molecular weight is 218 g/mol. The molecular weight excluding hydrogens is 204 g/mol. The van der Waals surface area contributed by atoms with Crippen molar-refractivity contribution >= 4 is 0 Å². The quantitative estimate of drug-likeness (QED) is 0.539. The lowest BCUT2D eigenvalue weighted by Gasteiger charge is -2.21. The van der Waals surface area contributed by atoms with Gasteiger partial charge in [-0.25, -0.2) is 0 Å². The van der Waals surface area contributed by atoms with Gasteiger partial charge in [0.1, 0.15) is 24.4 Å². The van der Waals surface area contributed by atoms with Gasteiger partial charge < -0.3 is 29.2 Å². The van der Waals surface area contributed by atoms with Crippen LogP contribution in [0.2, 0.25) is 0 Å². The molecule has 3 saturated heterocycles. The molecule has 0 unspecified atom stereocenters. The maximum absolute atomic E-state index is 9.54. The molecule has 3 rings (SSSR count). The van der Waals surface area contributed by atoms with Crippen LogP contribution < -0.4 is 0 Å². The van der Waals surface area contributed by atoms with Crippen molar-refractivity contribution < 1.29 is 29.2 Å². The molecular formula is C9H14O6. The summed E-state index contributed by atoms with van der Waals surface area (Å²) in [5, 5.41) is 18.8. The molecule has 0 amide bonds. The molecule has 3 fully saturated rings. The number of aliphatic hydroxyl groups is 2. The van der Waals surface area contributed by atoms with Gasteiger partial charge in [-0.05, 0) is 13.8 Å². The van der Waals surface area contributed by atoms with Crippen molar-refractivity contribution in [1.29, 1.82) is 0 Å². The van der Waals surface area contributed by atoms with Crippen molar-refractivity contribution in [3.05, 3.63) is 0 Å². The Morgan fingerprint density at radius 1 is 0.933 bits per heavy atom. The van der Waals surface area contributed by atoms with Gasteiger partial charge in [0.15, 0.2) is 18.4 Å². The van der Waals surface area contributed by atoms with Crippen molar-refractivity contribution in [2.45, 2.75) is 56.6 Å². The maximum atomic E-state index is 9.54. The summed E-state index contributed by atoms with van der Waals surface area (Å²) in [4.78, 5) is 0. The van der Waals surface area contributed by atoms with E-state index in [1.807, 2.05) is 0 Å². The minimum atomic E-state index is -1.20. The van der Waals surface area contributed by atoms with Gasteiger partial charge in [-0.2, -0.15) is 0 Å². The zero-order valence-corrected chi connectivity index (χ0v) is 8.49. The Morgan fingerprint density at radius 2 is 1.67 bits per heavy atom. The molecule has 86 valence electrons. The van der Waals surface area contributed by atoms with Gasteiger partial charge in [-0.1, -0.05) is 0 Å². The lowest BCUT2D eigenvalue weighted by molar-refractivity contribution is -0.214. The van der Waals surface area contributed by atoms with Crippen LogP contribution in [0.1, 0.15) is 13.8 Å². The normalized spacial score (nSPS) is 56.8. The van der Waals surface area contributed by atoms with Crippen LogP contribution in [0.4, 0.5) is 0 Å². The third-order valence-corrected chi connectivity index (χ3v) is 2.95. The average Bonchev–Trinajstić information content (AvgIpc) is 2.66. The summed E-state index contributed by atoms with van der Waals surface area (Å²) in [6.07, 6.45) is -4.15. The van der Waals surface area contributed by atoms with E-state index in [0.29, 0.717) is 0 Å². The molecule has 3 aliphatic rings. The summed E-state index contributed by atoms with van der Waals surface area (Å²) < 4.78 is 21.7. The highest BCUT2D eigenvalue weighted by Gasteiger charge is 2.61. The molecule has 6 heteroatoms. The molecule has 0 aliphatic carbocycles. The van der Waals surface area contributed by atoms with Gasteiger partial charge in [0.25, 0.3) is 0 Å². The van der Waals surface area contributed by atoms with Crippen LogP contribution in [0.15, 0.2) is 0 Å². The summed E-state index contributed by atoms with van der Waals surface area (Å²) in [6.45, 7) is 3.57. The van der Waals surface area contributed by atoms with Crippen LogP contribution in [0.25, 0.3) is 0 Å². The summed E-state index contributed by atoms with van der Waals surface area (Å²) in [7, 11) is 0. The molecule has 0 spiro atoms. The molecule has 6 atom stereocenters. The molecule has 0 aromatic rings. The number of hydrogen-bond donors (Lipinski definition) is 2. The van der Waals surface area contributed by atoms with E-state index in [1.54, 1.807) is 13.8 Å². The molecule has 3 heterocycles. The van der Waals surface area contributed by atoms with E-state index in [9.17, 15) is 10.2 Å². The lowest BCUT2D eigenvalue weighted by Crippen LogP contribution is -2.35. The number of ether oxygens (including phenoxy) is 4. The predicted octanol–water partition coefficient (Wildman–Crippen LogP) is -1.06. The number of aliphatic hydroxyl groups excluding tert-OH is 2. The second-order valence-electron chi connectivity index (χ2n) is 4.55. The molecule has 6 nitrogen and oxygen atoms in total. The number of fused-ring (bicyclic) bond motifs is 3. The van der Waals surface area contributed by atoms with E-state index in [0.717, 1.165) is 0 Å². The number of hydrogen-bond acceptors (Lipinski definition) is 6. The monoisotopic (exact) mass is 218 g/mol. The second kappa shape index (κ2) is 2.91. The van der Waals surface area contributed by atoms with Crippen LogP contribution in [-0.4, -0.2) is 53.0 Å². The first kappa shape index (κ1) is 9.95. The molecule has 2 N–H and O–H groups in total. The van der Waals surface area contributed by atoms with Crippen molar-refractivity contribution in [3.8, 4) is 0 Å². The first-order chi connectivity index (χ1) is 6.98. The van der Waals surface area contributed by atoms with Crippen molar-refractivity contribution in [3.63, 3.8) is 0 Å². The summed E-state index contributed by atoms with van der Waals surface area (Å²) in [6, 6.07) is 0. The lowest BCUT2D eigenvalue weighted by atomic mass is 10.1. The largest absolute Gasteiger partial charge is 0.385 e. The van der Waals surface area contributed by atoms with Gasteiger partial charge >= 0.3 is 0 Å². The van der Waals surface area contributed by atoms with Crippen LogP contribution in [0, 0.1) is 0 Å². The fraction of sp³-hybridized carbons (Fsp3) is 1.00. The van der Waals surface area contributed by atoms with E-state index in [-0.39, 0.29) is 6.10 Å². The zero-order valence-electron chi connectivity index (χ0n) is 8.49. The van der Waals surface area contributed by atoms with Crippen LogP contribution in [-0.2, 0) is 18.9 Å². The fourth-order valence-electron chi connectivity index (χ4n) is 2.34. The van der Waals surface area contributed by atoms with Crippen LogP contribution >= 0.6 is 0 Å². The minimum Gasteiger partial charge on any atom is -0.385 e. The fourth-order valence-corrected chi connectivity index (χ4v) is 2.34. The minimum absolute atomic E-state index is 0.378. The Balaban J connectivity index is 1.80. The SMILES string of the molecule is CC1(C)O[C@@H]2O[C@@H]3[C@@H](O)[C@@H](O)O[C@H]3[C@@H]2O1. The van der Waals surface area contributed by atoms with E-state index < -0.39 is 36.7 Å². The first-order valence-electron chi connectivity index (χ1n) is 5.01. The summed E-state index contributed by atoms with van der Waals surface area (Å²) in [5.74, 6) is -0.706. The van der Waals surface area contributed by atoms with Gasteiger partial charge in [0.05, 0.1) is 0 Å². The standard InChI is InChI=1S/C9H14O6/c1-9(2)14-6-5-4(13-8(6)15-9)3(10)7(11)12-5/h3-8,10-11H,1-2H3/t3-,4-,5-,6+,7+,8+/m1/s1. The zero-order chi connectivity index (χ0) is 10.8. The molecule has 0 radical (unpaired) electrons. The highest BCUT2D eigenvalue weighted by molar-refractivity contribution is 5.01. The first-order valence-corrected chi connectivity index (χ1v) is 5.01. The highest BCUT2D eigenvalue weighted by atomic mass is 16.9. The van der Waals surface area contributed by atoms with E-state index in [1.165, 1.54) is 0 Å². The van der Waals surface area contributed by atoms with Gasteiger partial charge in [-0.3, -0.25) is 0 Å². The third kappa shape index (κ3) is 1.33. The Labute approximate surface area is 86.7 Å². The van der Waals surface area contributed by atoms with E-state index in [4.69, 9.17) is 18.9 Å². The summed E-state index contributed by atoms with van der Waals surface area (Å²) in [5.41, 5.74) is 0. The maximum Gasteiger partial charge on any atom is 0.190 e. The van der Waals surface area contributed by atoms with E-state index >= 15 is 0 Å². The second-order valence-corrected chi connectivity index (χ2v) is 4.55.